The zero-order valence-electron chi connectivity index (χ0n) is 14.5. The van der Waals surface area contributed by atoms with Gasteiger partial charge in [0.25, 0.3) is 0 Å². The average molecular weight is 325 g/mol. The molecule has 128 valence electrons. The van der Waals surface area contributed by atoms with Gasteiger partial charge in [0, 0.05) is 13.1 Å². The number of carbonyl (C=O) groups is 1. The summed E-state index contributed by atoms with van der Waals surface area (Å²) in [6, 6.07) is 4.48. The maximum absolute atomic E-state index is 14.9. The van der Waals surface area contributed by atoms with Gasteiger partial charge in [-0.2, -0.15) is 0 Å². The normalized spacial score (nSPS) is 18.3. The van der Waals surface area contributed by atoms with Crippen LogP contribution in [0, 0.1) is 18.7 Å². The van der Waals surface area contributed by atoms with Crippen LogP contribution in [0.25, 0.3) is 0 Å². The molecule has 1 aromatic carbocycles. The topological polar surface area (TPSA) is 29.5 Å². The van der Waals surface area contributed by atoms with Crippen molar-refractivity contribution in [2.24, 2.45) is 5.92 Å². The number of hydrogen-bond donors (Lipinski definition) is 0. The number of carbonyl (C=O) groups excluding carboxylic acids is 1. The Bertz CT molecular complexity index is 587. The number of rotatable bonds is 3. The highest BCUT2D eigenvalue weighted by molar-refractivity contribution is 5.69. The van der Waals surface area contributed by atoms with Crippen LogP contribution in [-0.2, 0) is 10.4 Å². The maximum atomic E-state index is 14.9. The molecule has 0 aliphatic carbocycles. The molecule has 0 aromatic heterocycles. The number of halogens is 2. The van der Waals surface area contributed by atoms with Gasteiger partial charge in [0.1, 0.15) is 17.1 Å². The third-order valence-corrected chi connectivity index (χ3v) is 4.05. The standard InChI is InChI=1S/C18H25F2NO2/c1-12-6-7-14(8-15(12)19)18(5,20)9-13-10-21(11-13)16(22)23-17(2,3)4/h6-8,13H,9-11H2,1-5H3. The Morgan fingerprint density at radius 1 is 1.30 bits per heavy atom. The third kappa shape index (κ3) is 4.43. The van der Waals surface area contributed by atoms with E-state index in [4.69, 9.17) is 4.74 Å². The van der Waals surface area contributed by atoms with Gasteiger partial charge >= 0.3 is 6.09 Å². The van der Waals surface area contributed by atoms with Crippen LogP contribution in [0.15, 0.2) is 18.2 Å². The van der Waals surface area contributed by atoms with E-state index in [0.717, 1.165) is 0 Å². The summed E-state index contributed by atoms with van der Waals surface area (Å²) < 4.78 is 33.8. The lowest BCUT2D eigenvalue weighted by atomic mass is 9.83. The van der Waals surface area contributed by atoms with Crippen LogP contribution < -0.4 is 0 Å². The Hall–Kier alpha value is -1.65. The lowest BCUT2D eigenvalue weighted by molar-refractivity contribution is -0.0122. The van der Waals surface area contributed by atoms with Gasteiger partial charge in [0.15, 0.2) is 0 Å². The lowest BCUT2D eigenvalue weighted by Gasteiger charge is -2.42. The SMILES string of the molecule is Cc1ccc(C(C)(F)CC2CN(C(=O)OC(C)(C)C)C2)cc1F. The Morgan fingerprint density at radius 2 is 1.91 bits per heavy atom. The Balaban J connectivity index is 1.91. The Kier molecular flexibility index (Phi) is 4.69. The van der Waals surface area contributed by atoms with Gasteiger partial charge in [-0.15, -0.1) is 0 Å². The highest BCUT2D eigenvalue weighted by atomic mass is 19.1. The van der Waals surface area contributed by atoms with E-state index in [9.17, 15) is 13.6 Å². The minimum atomic E-state index is -1.61. The van der Waals surface area contributed by atoms with Crippen LogP contribution in [-0.4, -0.2) is 29.7 Å². The monoisotopic (exact) mass is 325 g/mol. The molecule has 1 amide bonds. The molecule has 1 heterocycles. The van der Waals surface area contributed by atoms with Crippen molar-refractivity contribution in [2.75, 3.05) is 13.1 Å². The molecule has 1 fully saturated rings. The molecule has 5 heteroatoms. The van der Waals surface area contributed by atoms with Crippen molar-refractivity contribution in [1.82, 2.24) is 4.90 Å². The van der Waals surface area contributed by atoms with E-state index in [1.54, 1.807) is 24.0 Å². The van der Waals surface area contributed by atoms with Gasteiger partial charge in [0.05, 0.1) is 0 Å². The molecule has 23 heavy (non-hydrogen) atoms. The minimum absolute atomic E-state index is 0.0573. The summed E-state index contributed by atoms with van der Waals surface area (Å²) in [5, 5.41) is 0. The van der Waals surface area contributed by atoms with Crippen molar-refractivity contribution >= 4 is 6.09 Å². The van der Waals surface area contributed by atoms with Gasteiger partial charge in [0.2, 0.25) is 0 Å². The molecule has 1 atom stereocenters. The van der Waals surface area contributed by atoms with E-state index in [1.807, 2.05) is 20.8 Å². The zero-order chi connectivity index (χ0) is 17.4. The predicted octanol–water partition coefficient (Wildman–Crippen LogP) is 4.58. The molecule has 0 bridgehead atoms. The minimum Gasteiger partial charge on any atom is -0.444 e. The van der Waals surface area contributed by atoms with Crippen LogP contribution in [0.5, 0.6) is 0 Å². The summed E-state index contributed by atoms with van der Waals surface area (Å²) >= 11 is 0. The molecule has 1 aromatic rings. The Morgan fingerprint density at radius 3 is 2.43 bits per heavy atom. The first kappa shape index (κ1) is 17.7. The third-order valence-electron chi connectivity index (χ3n) is 4.05. The van der Waals surface area contributed by atoms with E-state index in [-0.39, 0.29) is 18.4 Å². The number of benzene rings is 1. The number of aryl methyl sites for hydroxylation is 1. The first-order valence-corrected chi connectivity index (χ1v) is 7.91. The van der Waals surface area contributed by atoms with Gasteiger partial charge in [-0.1, -0.05) is 12.1 Å². The van der Waals surface area contributed by atoms with Gasteiger partial charge in [-0.25, -0.2) is 13.6 Å². The number of likely N-dealkylation sites (tertiary alicyclic amines) is 1. The molecule has 2 rings (SSSR count). The molecular weight excluding hydrogens is 300 g/mol. The molecule has 1 aliphatic rings. The van der Waals surface area contributed by atoms with E-state index < -0.39 is 17.1 Å². The quantitative estimate of drug-likeness (QED) is 0.814. The summed E-state index contributed by atoms with van der Waals surface area (Å²) in [5.74, 6) is -0.336. The average Bonchev–Trinajstić information content (AvgIpc) is 2.34. The van der Waals surface area contributed by atoms with Gasteiger partial charge in [-0.3, -0.25) is 0 Å². The summed E-state index contributed by atoms with van der Waals surface area (Å²) in [6.07, 6.45) is -0.106. The number of ether oxygens (including phenoxy) is 1. The largest absolute Gasteiger partial charge is 0.444 e. The van der Waals surface area contributed by atoms with Crippen LogP contribution in [0.3, 0.4) is 0 Å². The molecular formula is C18H25F2NO2. The van der Waals surface area contributed by atoms with Gasteiger partial charge < -0.3 is 9.64 Å². The van der Waals surface area contributed by atoms with Crippen LogP contribution in [0.2, 0.25) is 0 Å². The number of nitrogens with zero attached hydrogens (tertiary/aromatic N) is 1. The smallest absolute Gasteiger partial charge is 0.410 e. The molecule has 3 nitrogen and oxygen atoms in total. The van der Waals surface area contributed by atoms with Crippen LogP contribution in [0.4, 0.5) is 13.6 Å². The molecule has 0 spiro atoms. The van der Waals surface area contributed by atoms with Crippen molar-refractivity contribution < 1.29 is 18.3 Å². The number of amides is 1. The second-order valence-electron chi connectivity index (χ2n) is 7.62. The summed E-state index contributed by atoms with van der Waals surface area (Å²) in [5.41, 5.74) is -1.30. The summed E-state index contributed by atoms with van der Waals surface area (Å²) in [6.45, 7) is 9.50. The fourth-order valence-electron chi connectivity index (χ4n) is 2.75. The van der Waals surface area contributed by atoms with E-state index in [0.29, 0.717) is 24.2 Å². The second-order valence-corrected chi connectivity index (χ2v) is 7.62. The van der Waals surface area contributed by atoms with Crippen molar-refractivity contribution in [3.63, 3.8) is 0 Å². The summed E-state index contributed by atoms with van der Waals surface area (Å²) in [4.78, 5) is 13.4. The molecule has 1 aliphatic heterocycles. The molecule has 0 N–H and O–H groups in total. The van der Waals surface area contributed by atoms with Crippen LogP contribution in [0.1, 0.15) is 45.2 Å². The fraction of sp³-hybridized carbons (Fsp3) is 0.611. The first-order valence-electron chi connectivity index (χ1n) is 7.91. The van der Waals surface area contributed by atoms with Gasteiger partial charge in [-0.05, 0) is 64.2 Å². The van der Waals surface area contributed by atoms with Crippen molar-refractivity contribution in [1.29, 1.82) is 0 Å². The van der Waals surface area contributed by atoms with Crippen molar-refractivity contribution in [3.8, 4) is 0 Å². The number of alkyl halides is 1. The zero-order valence-corrected chi connectivity index (χ0v) is 14.5. The fourth-order valence-corrected chi connectivity index (χ4v) is 2.75. The van der Waals surface area contributed by atoms with E-state index >= 15 is 0 Å². The predicted molar refractivity (Wildman–Crippen MR) is 85.5 cm³/mol. The van der Waals surface area contributed by atoms with E-state index in [1.165, 1.54) is 13.0 Å². The highest BCUT2D eigenvalue weighted by Crippen LogP contribution is 2.36. The maximum Gasteiger partial charge on any atom is 0.410 e. The molecule has 1 saturated heterocycles. The highest BCUT2D eigenvalue weighted by Gasteiger charge is 2.39. The van der Waals surface area contributed by atoms with Crippen LogP contribution >= 0.6 is 0 Å². The summed E-state index contributed by atoms with van der Waals surface area (Å²) in [7, 11) is 0. The Labute approximate surface area is 136 Å². The van der Waals surface area contributed by atoms with Crippen molar-refractivity contribution in [2.45, 2.75) is 52.3 Å². The molecule has 1 unspecified atom stereocenters. The van der Waals surface area contributed by atoms with Crippen molar-refractivity contribution in [3.05, 3.63) is 35.1 Å². The molecule has 0 saturated carbocycles. The molecule has 0 radical (unpaired) electrons. The number of hydrogen-bond acceptors (Lipinski definition) is 2. The first-order chi connectivity index (χ1) is 10.5. The second kappa shape index (κ2) is 6.10. The lowest BCUT2D eigenvalue weighted by Crippen LogP contribution is -2.52. The van der Waals surface area contributed by atoms with E-state index in [2.05, 4.69) is 0 Å².